The Morgan fingerprint density at radius 2 is 0.550 bits per heavy atom. The van der Waals surface area contributed by atoms with E-state index in [-0.39, 0.29) is 0 Å². The van der Waals surface area contributed by atoms with E-state index < -0.39 is 50.9 Å². The molecule has 0 saturated carbocycles. The van der Waals surface area contributed by atoms with Crippen molar-refractivity contribution in [3.63, 3.8) is 0 Å². The summed E-state index contributed by atoms with van der Waals surface area (Å²) in [5.41, 5.74) is -1.34. The number of halogens is 1. The van der Waals surface area contributed by atoms with Crippen LogP contribution in [0.5, 0.6) is 0 Å². The van der Waals surface area contributed by atoms with Crippen molar-refractivity contribution < 1.29 is 56.0 Å². The number of ether oxygens (including phenoxy) is 4. The summed E-state index contributed by atoms with van der Waals surface area (Å²) in [4.78, 5) is 45.4. The van der Waals surface area contributed by atoms with Gasteiger partial charge in [0, 0.05) is 0 Å². The van der Waals surface area contributed by atoms with Gasteiger partial charge in [0.1, 0.15) is 0 Å². The normalized spacial score (nSPS) is 10.6. The Morgan fingerprint density at radius 3 is 0.700 bits per heavy atom. The van der Waals surface area contributed by atoms with Crippen LogP contribution in [0.25, 0.3) is 0 Å². The number of carbonyl (C=O) groups excluding carboxylic acids is 4. The maximum Gasteiger partial charge on any atom is -0.0134 e. The minimum absolute atomic E-state index is 0.446. The van der Waals surface area contributed by atoms with Gasteiger partial charge in [0.2, 0.25) is 0 Å². The van der Waals surface area contributed by atoms with Crippen molar-refractivity contribution in [3.8, 4) is 0 Å². The Morgan fingerprint density at radius 1 is 0.367 bits per heavy atom. The molecule has 0 aliphatic heterocycles. The van der Waals surface area contributed by atoms with E-state index in [1.807, 2.05) is 12.2 Å². The van der Waals surface area contributed by atoms with Gasteiger partial charge in [0.05, 0.1) is 28.4 Å². The minimum atomic E-state index is -1.10. The smallest absolute Gasteiger partial charge is 0.0134 e. The molecule has 308 valence electrons. The molecule has 6 aromatic rings. The topological polar surface area (TPSA) is 105 Å². The Bertz CT molecular complexity index is 1900. The quantitative estimate of drug-likeness (QED) is 0.0353. The van der Waals surface area contributed by atoms with Crippen molar-refractivity contribution in [2.75, 3.05) is 28.4 Å². The zero-order chi connectivity index (χ0) is 43.5. The fourth-order valence-corrected chi connectivity index (χ4v) is 9.91. The molecule has 0 unspecified atom stereocenters. The summed E-state index contributed by atoms with van der Waals surface area (Å²) >= 11 is 1.47. The molecule has 0 heterocycles. The van der Waals surface area contributed by atoms with Crippen LogP contribution in [0.4, 0.5) is 0 Å². The van der Waals surface area contributed by atoms with Crippen LogP contribution in [0.15, 0.2) is 193 Å². The van der Waals surface area contributed by atoms with Crippen LogP contribution in [-0.2, 0) is 56.0 Å². The molecule has 6 rings (SSSR count). The van der Waals surface area contributed by atoms with Crippen molar-refractivity contribution in [2.45, 2.75) is 0 Å². The third-order valence-electron chi connectivity index (χ3n) is 7.94. The molecule has 0 N–H and O–H groups in total. The predicted molar refractivity (Wildman–Crippen MR) is 238 cm³/mol. The van der Waals surface area contributed by atoms with Crippen LogP contribution < -0.4 is 31.8 Å². The van der Waals surface area contributed by atoms with Gasteiger partial charge in [-0.2, -0.15) is 0 Å². The van der Waals surface area contributed by atoms with Gasteiger partial charge in [-0.05, 0) is 47.7 Å². The van der Waals surface area contributed by atoms with E-state index in [0.717, 1.165) is 28.4 Å². The monoisotopic (exact) mass is 1040 g/mol. The number of carbonyl (C=O) groups is 4. The van der Waals surface area contributed by atoms with Gasteiger partial charge < -0.3 is 28.5 Å². The number of rotatable bonds is 11. The van der Waals surface area contributed by atoms with Gasteiger partial charge in [-0.1, -0.05) is 182 Å². The van der Waals surface area contributed by atoms with E-state index >= 15 is 0 Å². The summed E-state index contributed by atoms with van der Waals surface area (Å²) in [5.74, 6) is -4.32. The SMILES string of the molecule is COC(=O)[C-]=C(C(=O)OC)C(=[C-]C(=O)OC)C(=O)OC.[Cl][Ir+2].c1ccc(P(c2ccccc2)c2ccccc2)cc1.c1ccc(P(c2ccccc2)c2ccccc2)cc1. The molecule has 60 heavy (non-hydrogen) atoms. The molecule has 8 nitrogen and oxygen atoms in total. The second kappa shape index (κ2) is 28.0. The number of hydrogen-bond acceptors (Lipinski definition) is 8. The van der Waals surface area contributed by atoms with E-state index in [9.17, 15) is 19.2 Å². The first-order valence-electron chi connectivity index (χ1n) is 17.9. The summed E-state index contributed by atoms with van der Waals surface area (Å²) in [6, 6.07) is 64.7. The van der Waals surface area contributed by atoms with Crippen LogP contribution in [0.2, 0.25) is 0 Å². The van der Waals surface area contributed by atoms with E-state index in [1.54, 1.807) is 0 Å². The molecule has 0 bridgehead atoms. The maximum atomic E-state index is 11.5. The van der Waals surface area contributed by atoms with Crippen molar-refractivity contribution in [1.82, 2.24) is 0 Å². The molecule has 0 atom stereocenters. The predicted octanol–water partition coefficient (Wildman–Crippen LogP) is 6.71. The van der Waals surface area contributed by atoms with Crippen LogP contribution in [0.1, 0.15) is 0 Å². The summed E-state index contributed by atoms with van der Waals surface area (Å²) in [5, 5.41) is 8.39. The number of methoxy groups -OCH3 is 4. The fourth-order valence-electron chi connectivity index (χ4n) is 5.30. The molecule has 0 saturated heterocycles. The van der Waals surface area contributed by atoms with E-state index in [2.05, 4.69) is 211 Å². The van der Waals surface area contributed by atoms with Crippen molar-refractivity contribution in [2.24, 2.45) is 0 Å². The molecule has 0 aliphatic rings. The zero-order valence-corrected chi connectivity index (χ0v) is 38.1. The average Bonchev–Trinajstić information content (AvgIpc) is 3.32. The Labute approximate surface area is 368 Å². The average molecular weight is 1040 g/mol. The van der Waals surface area contributed by atoms with Gasteiger partial charge >= 0.3 is 27.5 Å². The second-order valence-corrected chi connectivity index (χ2v) is 16.1. The third-order valence-corrected chi connectivity index (χ3v) is 12.8. The molecular weight excluding hydrogens is 994 g/mol. The molecule has 0 aliphatic carbocycles. The Hall–Kier alpha value is -5.52. The molecule has 0 spiro atoms. The summed E-state index contributed by atoms with van der Waals surface area (Å²) in [6.45, 7) is 0. The minimum Gasteiger partial charge on any atom is -0.0622 e. The van der Waals surface area contributed by atoms with Crippen molar-refractivity contribution >= 4 is 81.1 Å². The molecule has 6 aromatic carbocycles. The van der Waals surface area contributed by atoms with Gasteiger partial charge in [-0.25, -0.2) is 11.1 Å². The first kappa shape index (κ1) is 48.8. The third kappa shape index (κ3) is 15.6. The molecule has 0 aromatic heterocycles. The van der Waals surface area contributed by atoms with E-state index in [1.165, 1.54) is 49.7 Å². The number of esters is 4. The molecular formula is C48H42ClIrO8P2. The van der Waals surface area contributed by atoms with Gasteiger partial charge in [0.25, 0.3) is 11.9 Å². The van der Waals surface area contributed by atoms with E-state index in [4.69, 9.17) is 0 Å². The van der Waals surface area contributed by atoms with Gasteiger partial charge in [-0.15, -0.1) is 12.2 Å². The van der Waals surface area contributed by atoms with Crippen LogP contribution >= 0.6 is 25.4 Å². The zero-order valence-electron chi connectivity index (χ0n) is 33.2. The Balaban J connectivity index is 0.000000235. The summed E-state index contributed by atoms with van der Waals surface area (Å²) in [7, 11) is 7.84. The van der Waals surface area contributed by atoms with E-state index in [0.29, 0.717) is 0 Å². The fraction of sp³-hybridized carbons (Fsp3) is 0.0833. The molecule has 0 amide bonds. The van der Waals surface area contributed by atoms with Crippen LogP contribution in [0.3, 0.4) is 0 Å². The first-order chi connectivity index (χ1) is 29.3. The summed E-state index contributed by atoms with van der Waals surface area (Å²) in [6.07, 6.45) is 3.87. The first-order valence-corrected chi connectivity index (χ1v) is 23.6. The number of benzene rings is 6. The van der Waals surface area contributed by atoms with Crippen molar-refractivity contribution in [3.05, 3.63) is 205 Å². The largest absolute Gasteiger partial charge is 0.0622 e. The van der Waals surface area contributed by atoms with Gasteiger partial charge in [-0.3, -0.25) is 9.59 Å². The standard InChI is InChI=1S/2C18H15P.C12H12O8.ClH.Ir/c2*1-4-10-16(11-5-1)19(17-12-6-2-7-13-17)18-14-8-3-9-15-18;1-17-9(13)5-7(11(15)19-3)8(12(16)20-4)6-10(14)18-2;;/h2*1-15H;1-4H3;1H;/q;;-2;;+3/p-1. The maximum absolute atomic E-state index is 11.5. The van der Waals surface area contributed by atoms with Gasteiger partial charge in [0.15, 0.2) is 11.9 Å². The molecule has 0 radical (unpaired) electrons. The second-order valence-electron chi connectivity index (χ2n) is 11.7. The van der Waals surface area contributed by atoms with Crippen molar-refractivity contribution in [1.29, 1.82) is 0 Å². The Kier molecular flexibility index (Phi) is 22.8. The molecule has 0 fully saturated rings. The van der Waals surface area contributed by atoms with Crippen LogP contribution in [0, 0.1) is 12.2 Å². The molecule has 12 heteroatoms. The number of hydrogen-bond donors (Lipinski definition) is 0. The van der Waals surface area contributed by atoms with Crippen LogP contribution in [-0.4, -0.2) is 52.3 Å². The summed E-state index contributed by atoms with van der Waals surface area (Å²) < 4.78 is 17.3.